The van der Waals surface area contributed by atoms with Gasteiger partial charge in [-0.1, -0.05) is 44.2 Å². The number of hydrogen-bond acceptors (Lipinski definition) is 2. The SMILES string of the molecule is CCC(NC)C(C)Sc1ccc2ccccc2c1. The molecule has 18 heavy (non-hydrogen) atoms. The van der Waals surface area contributed by atoms with Crippen molar-refractivity contribution in [3.8, 4) is 0 Å². The molecule has 2 aromatic carbocycles. The number of rotatable bonds is 5. The maximum Gasteiger partial charge on any atom is 0.0219 e. The first kappa shape index (κ1) is 13.4. The Bertz CT molecular complexity index is 505. The number of hydrogen-bond donors (Lipinski definition) is 1. The van der Waals surface area contributed by atoms with Crippen molar-refractivity contribution >= 4 is 22.5 Å². The van der Waals surface area contributed by atoms with Gasteiger partial charge in [0.2, 0.25) is 0 Å². The Labute approximate surface area is 114 Å². The summed E-state index contributed by atoms with van der Waals surface area (Å²) in [7, 11) is 2.05. The van der Waals surface area contributed by atoms with Crippen LogP contribution in [0.1, 0.15) is 20.3 Å². The topological polar surface area (TPSA) is 12.0 Å². The van der Waals surface area contributed by atoms with Gasteiger partial charge in [0.15, 0.2) is 0 Å². The van der Waals surface area contributed by atoms with Gasteiger partial charge in [-0.3, -0.25) is 0 Å². The van der Waals surface area contributed by atoms with Crippen LogP contribution in [-0.4, -0.2) is 18.3 Å². The molecule has 0 heterocycles. The van der Waals surface area contributed by atoms with E-state index in [1.54, 1.807) is 0 Å². The lowest BCUT2D eigenvalue weighted by atomic mass is 10.1. The first-order valence-electron chi connectivity index (χ1n) is 6.57. The highest BCUT2D eigenvalue weighted by molar-refractivity contribution is 8.00. The zero-order valence-corrected chi connectivity index (χ0v) is 12.1. The van der Waals surface area contributed by atoms with E-state index in [1.807, 2.05) is 18.8 Å². The van der Waals surface area contributed by atoms with Crippen LogP contribution in [0.25, 0.3) is 10.8 Å². The highest BCUT2D eigenvalue weighted by Crippen LogP contribution is 2.28. The molecule has 2 unspecified atom stereocenters. The molecule has 0 aliphatic rings. The molecule has 0 amide bonds. The van der Waals surface area contributed by atoms with E-state index in [0.717, 1.165) is 6.42 Å². The van der Waals surface area contributed by atoms with Crippen molar-refractivity contribution in [2.45, 2.75) is 36.5 Å². The van der Waals surface area contributed by atoms with E-state index in [0.29, 0.717) is 11.3 Å². The second-order valence-electron chi connectivity index (χ2n) is 4.64. The minimum Gasteiger partial charge on any atom is -0.316 e. The molecule has 2 aromatic rings. The summed E-state index contributed by atoms with van der Waals surface area (Å²) in [5.74, 6) is 0. The third kappa shape index (κ3) is 3.06. The molecule has 0 aliphatic carbocycles. The summed E-state index contributed by atoms with van der Waals surface area (Å²) in [5, 5.41) is 6.61. The molecule has 0 aromatic heterocycles. The average molecular weight is 259 g/mol. The van der Waals surface area contributed by atoms with E-state index < -0.39 is 0 Å². The van der Waals surface area contributed by atoms with Gasteiger partial charge in [0.05, 0.1) is 0 Å². The molecular weight excluding hydrogens is 238 g/mol. The van der Waals surface area contributed by atoms with E-state index in [-0.39, 0.29) is 0 Å². The average Bonchev–Trinajstić information content (AvgIpc) is 2.40. The van der Waals surface area contributed by atoms with Crippen molar-refractivity contribution in [1.29, 1.82) is 0 Å². The second-order valence-corrected chi connectivity index (χ2v) is 6.09. The van der Waals surface area contributed by atoms with Crippen LogP contribution in [0.3, 0.4) is 0 Å². The zero-order valence-electron chi connectivity index (χ0n) is 11.3. The maximum atomic E-state index is 3.39. The van der Waals surface area contributed by atoms with Crippen molar-refractivity contribution in [3.63, 3.8) is 0 Å². The van der Waals surface area contributed by atoms with Crippen molar-refractivity contribution in [2.75, 3.05) is 7.05 Å². The minimum absolute atomic E-state index is 0.571. The lowest BCUT2D eigenvalue weighted by molar-refractivity contribution is 0.541. The second kappa shape index (κ2) is 6.26. The molecule has 0 saturated heterocycles. The Morgan fingerprint density at radius 1 is 1.11 bits per heavy atom. The largest absolute Gasteiger partial charge is 0.316 e. The molecule has 0 bridgehead atoms. The highest BCUT2D eigenvalue weighted by Gasteiger charge is 2.14. The molecule has 2 rings (SSSR count). The number of thioether (sulfide) groups is 1. The third-order valence-electron chi connectivity index (χ3n) is 3.42. The molecule has 2 atom stereocenters. The van der Waals surface area contributed by atoms with Crippen molar-refractivity contribution in [3.05, 3.63) is 42.5 Å². The van der Waals surface area contributed by atoms with Gasteiger partial charge in [0, 0.05) is 16.2 Å². The van der Waals surface area contributed by atoms with Crippen LogP contribution in [0.2, 0.25) is 0 Å². The molecule has 0 saturated carbocycles. The van der Waals surface area contributed by atoms with Crippen LogP contribution in [0.4, 0.5) is 0 Å². The Morgan fingerprint density at radius 2 is 1.83 bits per heavy atom. The van der Waals surface area contributed by atoms with E-state index in [2.05, 4.69) is 61.6 Å². The standard InChI is InChI=1S/C16H21NS/c1-4-16(17-3)12(2)18-15-10-9-13-7-5-6-8-14(13)11-15/h5-12,16-17H,4H2,1-3H3. The van der Waals surface area contributed by atoms with Gasteiger partial charge in [-0.2, -0.15) is 0 Å². The molecule has 2 heteroatoms. The van der Waals surface area contributed by atoms with Gasteiger partial charge in [-0.25, -0.2) is 0 Å². The quantitative estimate of drug-likeness (QED) is 0.803. The van der Waals surface area contributed by atoms with Crippen LogP contribution in [0.5, 0.6) is 0 Å². The van der Waals surface area contributed by atoms with Crippen LogP contribution < -0.4 is 5.32 Å². The first-order valence-corrected chi connectivity index (χ1v) is 7.45. The predicted molar refractivity (Wildman–Crippen MR) is 82.4 cm³/mol. The molecular formula is C16H21NS. The lowest BCUT2D eigenvalue weighted by Crippen LogP contribution is -2.33. The molecule has 0 spiro atoms. The van der Waals surface area contributed by atoms with Crippen molar-refractivity contribution < 1.29 is 0 Å². The fourth-order valence-electron chi connectivity index (χ4n) is 2.31. The molecule has 0 fully saturated rings. The fraction of sp³-hybridized carbons (Fsp3) is 0.375. The van der Waals surface area contributed by atoms with Crippen LogP contribution in [0.15, 0.2) is 47.4 Å². The van der Waals surface area contributed by atoms with Gasteiger partial charge in [-0.05, 0) is 36.4 Å². The van der Waals surface area contributed by atoms with Crippen LogP contribution >= 0.6 is 11.8 Å². The third-order valence-corrected chi connectivity index (χ3v) is 4.65. The molecule has 1 nitrogen and oxygen atoms in total. The van der Waals surface area contributed by atoms with Crippen molar-refractivity contribution in [2.24, 2.45) is 0 Å². The molecule has 0 aliphatic heterocycles. The van der Waals surface area contributed by atoms with Crippen molar-refractivity contribution in [1.82, 2.24) is 5.32 Å². The number of fused-ring (bicyclic) bond motifs is 1. The minimum atomic E-state index is 0.571. The summed E-state index contributed by atoms with van der Waals surface area (Å²) >= 11 is 1.95. The normalized spacial score (nSPS) is 14.6. The summed E-state index contributed by atoms with van der Waals surface area (Å²) in [5.41, 5.74) is 0. The fourth-order valence-corrected chi connectivity index (χ4v) is 3.57. The smallest absolute Gasteiger partial charge is 0.0219 e. The highest BCUT2D eigenvalue weighted by atomic mass is 32.2. The maximum absolute atomic E-state index is 3.39. The Morgan fingerprint density at radius 3 is 2.50 bits per heavy atom. The Balaban J connectivity index is 2.16. The molecule has 96 valence electrons. The van der Waals surface area contributed by atoms with E-state index in [1.165, 1.54) is 15.7 Å². The van der Waals surface area contributed by atoms with Crippen LogP contribution in [-0.2, 0) is 0 Å². The summed E-state index contributed by atoms with van der Waals surface area (Å²) in [6.45, 7) is 4.53. The lowest BCUT2D eigenvalue weighted by Gasteiger charge is -2.21. The zero-order chi connectivity index (χ0) is 13.0. The van der Waals surface area contributed by atoms with Gasteiger partial charge in [-0.15, -0.1) is 11.8 Å². The van der Waals surface area contributed by atoms with E-state index >= 15 is 0 Å². The van der Waals surface area contributed by atoms with Gasteiger partial charge >= 0.3 is 0 Å². The molecule has 0 radical (unpaired) electrons. The first-order chi connectivity index (χ1) is 8.74. The Kier molecular flexibility index (Phi) is 4.67. The van der Waals surface area contributed by atoms with E-state index in [9.17, 15) is 0 Å². The van der Waals surface area contributed by atoms with Crippen LogP contribution in [0, 0.1) is 0 Å². The van der Waals surface area contributed by atoms with E-state index in [4.69, 9.17) is 0 Å². The summed E-state index contributed by atoms with van der Waals surface area (Å²) < 4.78 is 0. The molecule has 1 N–H and O–H groups in total. The summed E-state index contributed by atoms with van der Waals surface area (Å²) in [6.07, 6.45) is 1.16. The monoisotopic (exact) mass is 259 g/mol. The summed E-state index contributed by atoms with van der Waals surface area (Å²) in [4.78, 5) is 1.36. The predicted octanol–water partition coefficient (Wildman–Crippen LogP) is 4.32. The number of nitrogens with one attached hydrogen (secondary N) is 1. The van der Waals surface area contributed by atoms with Gasteiger partial charge in [0.25, 0.3) is 0 Å². The number of benzene rings is 2. The Hall–Kier alpha value is -0.990. The van der Waals surface area contributed by atoms with Gasteiger partial charge < -0.3 is 5.32 Å². The summed E-state index contributed by atoms with van der Waals surface area (Å²) in [6, 6.07) is 15.8. The van der Waals surface area contributed by atoms with Gasteiger partial charge in [0.1, 0.15) is 0 Å².